The highest BCUT2D eigenvalue weighted by Crippen LogP contribution is 2.36. The van der Waals surface area contributed by atoms with E-state index in [1.165, 1.54) is 34.2 Å². The van der Waals surface area contributed by atoms with Crippen LogP contribution in [0.1, 0.15) is 31.3 Å². The molecule has 0 aliphatic heterocycles. The van der Waals surface area contributed by atoms with E-state index < -0.39 is 17.8 Å². The van der Waals surface area contributed by atoms with E-state index in [9.17, 15) is 18.0 Å². The SMILES string of the molecule is CCn1nc(-n2ncnc2C(C)Nc2ncnc3c(Cl)cc(C(F)(F)F)cc23)ccc1=O. The number of nitrogens with zero attached hydrogens (tertiary/aromatic N) is 7. The lowest BCUT2D eigenvalue weighted by molar-refractivity contribution is -0.137. The molecular formula is C19H16ClF3N8O. The lowest BCUT2D eigenvalue weighted by Gasteiger charge is -2.17. The zero-order valence-electron chi connectivity index (χ0n) is 16.8. The second-order valence-corrected chi connectivity index (χ2v) is 7.22. The van der Waals surface area contributed by atoms with Gasteiger partial charge < -0.3 is 5.32 Å². The van der Waals surface area contributed by atoms with Crippen LogP contribution in [-0.4, -0.2) is 34.5 Å². The Morgan fingerprint density at radius 2 is 1.94 bits per heavy atom. The van der Waals surface area contributed by atoms with Gasteiger partial charge in [-0.1, -0.05) is 11.6 Å². The van der Waals surface area contributed by atoms with E-state index in [2.05, 4.69) is 30.5 Å². The van der Waals surface area contributed by atoms with Gasteiger partial charge in [-0.3, -0.25) is 4.79 Å². The standard InChI is InChI=1S/C19H16ClF3N8O/c1-3-30-15(32)5-4-14(29-30)31-18(26-9-27-31)10(2)28-17-12-6-11(19(21,22)23)7-13(20)16(12)24-8-25-17/h4-10H,3H2,1-2H3,(H,24,25,28). The van der Waals surface area contributed by atoms with Gasteiger partial charge in [-0.05, 0) is 32.0 Å². The molecule has 0 radical (unpaired) electrons. The molecule has 13 heteroatoms. The predicted molar refractivity (Wildman–Crippen MR) is 111 cm³/mol. The van der Waals surface area contributed by atoms with Crippen molar-refractivity contribution in [1.82, 2.24) is 34.5 Å². The molecular weight excluding hydrogens is 449 g/mol. The van der Waals surface area contributed by atoms with Crippen LogP contribution in [0.4, 0.5) is 19.0 Å². The van der Waals surface area contributed by atoms with Crippen LogP contribution in [-0.2, 0) is 12.7 Å². The third-order valence-electron chi connectivity index (χ3n) is 4.70. The van der Waals surface area contributed by atoms with Crippen molar-refractivity contribution in [2.45, 2.75) is 32.6 Å². The Bertz CT molecular complexity index is 1350. The van der Waals surface area contributed by atoms with Gasteiger partial charge in [0.2, 0.25) is 0 Å². The summed E-state index contributed by atoms with van der Waals surface area (Å²) in [6, 6.07) is 4.10. The zero-order valence-corrected chi connectivity index (χ0v) is 17.6. The van der Waals surface area contributed by atoms with Crippen LogP contribution in [0.15, 0.2) is 41.7 Å². The molecule has 0 fully saturated rings. The van der Waals surface area contributed by atoms with E-state index in [4.69, 9.17) is 11.6 Å². The Labute approximate surface area is 183 Å². The highest BCUT2D eigenvalue weighted by Gasteiger charge is 2.32. The number of aromatic nitrogens is 7. The minimum Gasteiger partial charge on any atom is -0.360 e. The molecule has 0 aliphatic carbocycles. The third kappa shape index (κ3) is 4.00. The van der Waals surface area contributed by atoms with Gasteiger partial charge in [0.05, 0.1) is 22.1 Å². The van der Waals surface area contributed by atoms with Crippen LogP contribution in [0.25, 0.3) is 16.7 Å². The number of aryl methyl sites for hydroxylation is 1. The fourth-order valence-corrected chi connectivity index (χ4v) is 3.44. The quantitative estimate of drug-likeness (QED) is 0.481. The first-order chi connectivity index (χ1) is 15.2. The third-order valence-corrected chi connectivity index (χ3v) is 4.99. The van der Waals surface area contributed by atoms with E-state index in [1.54, 1.807) is 13.8 Å². The monoisotopic (exact) mass is 464 g/mol. The number of benzene rings is 1. The Kier molecular flexibility index (Phi) is 5.55. The molecule has 4 rings (SSSR count). The summed E-state index contributed by atoms with van der Waals surface area (Å²) in [6.45, 7) is 3.89. The van der Waals surface area contributed by atoms with Crippen molar-refractivity contribution in [2.75, 3.05) is 5.32 Å². The summed E-state index contributed by atoms with van der Waals surface area (Å²) in [5.41, 5.74) is -0.980. The molecule has 3 aromatic heterocycles. The summed E-state index contributed by atoms with van der Waals surface area (Å²) >= 11 is 6.04. The summed E-state index contributed by atoms with van der Waals surface area (Å²) in [7, 11) is 0. The number of alkyl halides is 3. The Morgan fingerprint density at radius 1 is 1.16 bits per heavy atom. The van der Waals surface area contributed by atoms with Gasteiger partial charge in [-0.25, -0.2) is 19.6 Å². The van der Waals surface area contributed by atoms with Crippen LogP contribution in [0.3, 0.4) is 0 Å². The van der Waals surface area contributed by atoms with Gasteiger partial charge in [0.15, 0.2) is 11.6 Å². The summed E-state index contributed by atoms with van der Waals surface area (Å²) < 4.78 is 42.5. The Balaban J connectivity index is 1.73. The van der Waals surface area contributed by atoms with Gasteiger partial charge >= 0.3 is 6.18 Å². The topological polar surface area (TPSA) is 103 Å². The maximum Gasteiger partial charge on any atom is 0.416 e. The average Bonchev–Trinajstić information content (AvgIpc) is 3.24. The fraction of sp³-hybridized carbons (Fsp3) is 0.263. The predicted octanol–water partition coefficient (Wildman–Crippen LogP) is 3.63. The van der Waals surface area contributed by atoms with Gasteiger partial charge in [-0.2, -0.15) is 23.0 Å². The van der Waals surface area contributed by atoms with E-state index >= 15 is 0 Å². The number of nitrogens with one attached hydrogen (secondary N) is 1. The summed E-state index contributed by atoms with van der Waals surface area (Å²) in [6.07, 6.45) is -2.06. The summed E-state index contributed by atoms with van der Waals surface area (Å²) in [5, 5.41) is 11.4. The molecule has 9 nitrogen and oxygen atoms in total. The molecule has 3 heterocycles. The second kappa shape index (κ2) is 8.19. The number of fused-ring (bicyclic) bond motifs is 1. The number of rotatable bonds is 5. The van der Waals surface area contributed by atoms with E-state index in [0.717, 1.165) is 12.1 Å². The number of halogens is 4. The average molecular weight is 465 g/mol. The van der Waals surface area contributed by atoms with Crippen LogP contribution < -0.4 is 10.9 Å². The Morgan fingerprint density at radius 3 is 2.66 bits per heavy atom. The smallest absolute Gasteiger partial charge is 0.360 e. The molecule has 1 unspecified atom stereocenters. The van der Waals surface area contributed by atoms with Gasteiger partial charge in [-0.15, -0.1) is 5.10 Å². The van der Waals surface area contributed by atoms with Crippen molar-refractivity contribution in [3.8, 4) is 5.82 Å². The fourth-order valence-electron chi connectivity index (χ4n) is 3.17. The molecule has 0 bridgehead atoms. The zero-order chi connectivity index (χ0) is 23.0. The molecule has 0 aliphatic rings. The van der Waals surface area contributed by atoms with Crippen molar-refractivity contribution in [3.05, 3.63) is 63.7 Å². The maximum absolute atomic E-state index is 13.3. The first-order valence-electron chi connectivity index (χ1n) is 9.45. The second-order valence-electron chi connectivity index (χ2n) is 6.82. The highest BCUT2D eigenvalue weighted by atomic mass is 35.5. The normalized spacial score (nSPS) is 12.8. The number of hydrogen-bond donors (Lipinski definition) is 1. The number of hydrogen-bond acceptors (Lipinski definition) is 7. The molecule has 0 spiro atoms. The van der Waals surface area contributed by atoms with E-state index in [0.29, 0.717) is 18.2 Å². The molecule has 1 atom stereocenters. The first kappa shape index (κ1) is 21.7. The summed E-state index contributed by atoms with van der Waals surface area (Å²) in [4.78, 5) is 24.2. The van der Waals surface area contributed by atoms with Crippen LogP contribution in [0.5, 0.6) is 0 Å². The lowest BCUT2D eigenvalue weighted by atomic mass is 10.1. The molecule has 32 heavy (non-hydrogen) atoms. The van der Waals surface area contributed by atoms with Crippen molar-refractivity contribution < 1.29 is 13.2 Å². The lowest BCUT2D eigenvalue weighted by Crippen LogP contribution is -2.24. The first-order valence-corrected chi connectivity index (χ1v) is 9.83. The Hall–Kier alpha value is -3.54. The highest BCUT2D eigenvalue weighted by molar-refractivity contribution is 6.35. The van der Waals surface area contributed by atoms with Gasteiger partial charge in [0.1, 0.15) is 18.5 Å². The van der Waals surface area contributed by atoms with Crippen LogP contribution in [0.2, 0.25) is 5.02 Å². The molecule has 4 aromatic rings. The van der Waals surface area contributed by atoms with E-state index in [-0.39, 0.29) is 27.3 Å². The summed E-state index contributed by atoms with van der Waals surface area (Å²) in [5.74, 6) is 0.919. The molecule has 1 N–H and O–H groups in total. The molecule has 0 saturated carbocycles. The molecule has 0 saturated heterocycles. The maximum atomic E-state index is 13.3. The van der Waals surface area contributed by atoms with Crippen molar-refractivity contribution in [1.29, 1.82) is 0 Å². The number of anilines is 1. The molecule has 1 aromatic carbocycles. The largest absolute Gasteiger partial charge is 0.416 e. The molecule has 0 amide bonds. The minimum absolute atomic E-state index is 0.114. The molecule has 166 valence electrons. The minimum atomic E-state index is -4.58. The van der Waals surface area contributed by atoms with Crippen molar-refractivity contribution >= 4 is 28.3 Å². The van der Waals surface area contributed by atoms with Crippen molar-refractivity contribution in [3.63, 3.8) is 0 Å². The van der Waals surface area contributed by atoms with Crippen LogP contribution in [0, 0.1) is 0 Å². The van der Waals surface area contributed by atoms with Gasteiger partial charge in [0.25, 0.3) is 5.56 Å². The van der Waals surface area contributed by atoms with Gasteiger partial charge in [0, 0.05) is 18.0 Å². The van der Waals surface area contributed by atoms with Crippen molar-refractivity contribution in [2.24, 2.45) is 0 Å². The van der Waals surface area contributed by atoms with E-state index in [1.807, 2.05) is 0 Å². The van der Waals surface area contributed by atoms with Crippen LogP contribution >= 0.6 is 11.6 Å².